The molecule has 0 radical (unpaired) electrons. The van der Waals surface area contributed by atoms with Crippen LogP contribution in [0.4, 0.5) is 51.2 Å². The fraction of sp³-hybridized carbons (Fsp3) is 0. The van der Waals surface area contributed by atoms with Gasteiger partial charge in [0.2, 0.25) is 0 Å². The molecule has 1 saturated heterocycles. The maximum absolute atomic E-state index is 6.41. The Labute approximate surface area is 378 Å². The van der Waals surface area contributed by atoms with Crippen LogP contribution in [0.25, 0.3) is 65.8 Å². The van der Waals surface area contributed by atoms with Crippen LogP contribution in [0.3, 0.4) is 0 Å². The van der Waals surface area contributed by atoms with E-state index >= 15 is 0 Å². The van der Waals surface area contributed by atoms with Crippen LogP contribution in [-0.4, -0.2) is 21.4 Å². The number of rotatable bonds is 3. The molecule has 9 aromatic carbocycles. The average molecular weight is 846 g/mol. The maximum atomic E-state index is 6.41. The molecule has 12 aromatic rings. The highest BCUT2D eigenvalue weighted by Crippen LogP contribution is 2.58. The Hall–Kier alpha value is -8.63. The summed E-state index contributed by atoms with van der Waals surface area (Å²) in [4.78, 5) is 7.63. The molecule has 12 heteroatoms. The van der Waals surface area contributed by atoms with Crippen molar-refractivity contribution in [2.75, 3.05) is 28.6 Å². The minimum Gasteiger partial charge on any atom is -0.456 e. The van der Waals surface area contributed by atoms with Crippen molar-refractivity contribution >= 4 is 138 Å². The Balaban J connectivity index is 0.980. The van der Waals surface area contributed by atoms with Crippen LogP contribution in [0.15, 0.2) is 213 Å². The molecule has 66 heavy (non-hydrogen) atoms. The van der Waals surface area contributed by atoms with E-state index in [9.17, 15) is 0 Å². The summed E-state index contributed by atoms with van der Waals surface area (Å²) in [6, 6.07) is 71.8. The van der Waals surface area contributed by atoms with E-state index in [0.29, 0.717) is 0 Å². The fourth-order valence-corrected chi connectivity index (χ4v) is 11.7. The van der Waals surface area contributed by atoms with Gasteiger partial charge in [-0.2, -0.15) is 0 Å². The van der Waals surface area contributed by atoms with E-state index in [2.05, 4.69) is 211 Å². The highest BCUT2D eigenvalue weighted by Gasteiger charge is 2.69. The lowest BCUT2D eigenvalue weighted by Gasteiger charge is -2.51. The second-order valence-corrected chi connectivity index (χ2v) is 17.7. The standard InChI is InChI=1S/C54H33B3N6O3/c1-10-22-49-37(13-1)40-31-34(25-28-52(40)64-49)58-43-16-4-7-19-46(43)61-55(58)62-47-20-8-5-17-44(47)59(35-26-29-53-41(32-35)38-14-2-11-23-50(38)65-53)57(62)63-48-21-9-6-18-45(48)60(56(61)63)36-27-30-54-42(33-36)39-15-3-12-24-51(39)66-54/h1-33H. The second kappa shape index (κ2) is 12.5. The van der Waals surface area contributed by atoms with Crippen molar-refractivity contribution in [3.8, 4) is 0 Å². The first-order valence-electron chi connectivity index (χ1n) is 22.5. The predicted octanol–water partition coefficient (Wildman–Crippen LogP) is 13.6. The van der Waals surface area contributed by atoms with E-state index in [1.54, 1.807) is 0 Å². The Morgan fingerprint density at radius 1 is 0.242 bits per heavy atom. The van der Waals surface area contributed by atoms with Crippen molar-refractivity contribution in [1.29, 1.82) is 0 Å². The molecule has 16 rings (SSSR count). The summed E-state index contributed by atoms with van der Waals surface area (Å²) in [6.07, 6.45) is 0. The highest BCUT2D eigenvalue weighted by molar-refractivity contribution is 7.11. The predicted molar refractivity (Wildman–Crippen MR) is 272 cm³/mol. The molecule has 0 atom stereocenters. The highest BCUT2D eigenvalue weighted by atomic mass is 16.3. The van der Waals surface area contributed by atoms with Gasteiger partial charge >= 0.3 is 21.4 Å². The van der Waals surface area contributed by atoms with E-state index < -0.39 is 0 Å². The quantitative estimate of drug-likeness (QED) is 0.162. The van der Waals surface area contributed by atoms with Crippen LogP contribution in [0.5, 0.6) is 0 Å². The van der Waals surface area contributed by atoms with Gasteiger partial charge in [-0.25, -0.2) is 0 Å². The van der Waals surface area contributed by atoms with E-state index in [1.807, 2.05) is 18.2 Å². The van der Waals surface area contributed by atoms with Gasteiger partial charge in [0.1, 0.15) is 33.5 Å². The molecule has 7 heterocycles. The summed E-state index contributed by atoms with van der Waals surface area (Å²) in [5, 5.41) is 6.58. The number of hydrogen-bond donors (Lipinski definition) is 0. The summed E-state index contributed by atoms with van der Waals surface area (Å²) in [5.74, 6) is 0. The van der Waals surface area contributed by atoms with Crippen molar-refractivity contribution in [3.05, 3.63) is 200 Å². The Bertz CT molecular complexity index is 3610. The summed E-state index contributed by atoms with van der Waals surface area (Å²) < 4.78 is 27.1. The zero-order chi connectivity index (χ0) is 42.8. The van der Waals surface area contributed by atoms with Crippen LogP contribution in [0.1, 0.15) is 0 Å². The maximum Gasteiger partial charge on any atom is 0.489 e. The van der Waals surface area contributed by atoms with Crippen LogP contribution in [-0.2, 0) is 0 Å². The first-order valence-corrected chi connectivity index (χ1v) is 22.5. The van der Waals surface area contributed by atoms with Crippen molar-refractivity contribution in [3.63, 3.8) is 0 Å². The van der Waals surface area contributed by atoms with Crippen molar-refractivity contribution in [2.45, 2.75) is 0 Å². The molecule has 0 spiro atoms. The molecule has 1 fully saturated rings. The summed E-state index contributed by atoms with van der Waals surface area (Å²) in [7, 11) is -0.947. The molecule has 0 N–H and O–H groups in total. The minimum atomic E-state index is -0.316. The number of nitrogens with zero attached hydrogens (tertiary/aromatic N) is 6. The molecule has 0 aliphatic carbocycles. The minimum absolute atomic E-state index is 0.316. The Morgan fingerprint density at radius 3 is 0.818 bits per heavy atom. The van der Waals surface area contributed by atoms with Gasteiger partial charge in [0.15, 0.2) is 0 Å². The van der Waals surface area contributed by atoms with Crippen molar-refractivity contribution in [2.24, 2.45) is 0 Å². The van der Waals surface area contributed by atoms with Crippen molar-refractivity contribution in [1.82, 2.24) is 0 Å². The first kappa shape index (κ1) is 34.8. The third kappa shape index (κ3) is 4.42. The van der Waals surface area contributed by atoms with Crippen molar-refractivity contribution < 1.29 is 13.3 Å². The molecule has 4 aliphatic heterocycles. The Morgan fingerprint density at radius 2 is 0.500 bits per heavy atom. The number of hydrogen-bond acceptors (Lipinski definition) is 9. The van der Waals surface area contributed by atoms with Crippen LogP contribution in [0, 0.1) is 0 Å². The number of furan rings is 3. The SMILES string of the molecule is c1ccc2c(c1)N1B(N3B(N4B1N(c1ccc5oc6ccccc6c5c1)c1ccccc14)N(c1ccc4oc5ccccc5c4c1)c1ccccc13)N2c1ccc2oc3ccccc3c2c1. The average Bonchev–Trinajstić information content (AvgIpc) is 4.22. The molecule has 0 amide bonds. The number of anilines is 9. The first-order chi connectivity index (χ1) is 32.7. The smallest absolute Gasteiger partial charge is 0.456 e. The molecule has 3 aromatic heterocycles. The van der Waals surface area contributed by atoms with Crippen LogP contribution in [0.2, 0.25) is 0 Å². The van der Waals surface area contributed by atoms with E-state index in [1.165, 1.54) is 0 Å². The Kier molecular flexibility index (Phi) is 6.62. The van der Waals surface area contributed by atoms with Gasteiger partial charge in [0.05, 0.1) is 17.1 Å². The van der Waals surface area contributed by atoms with E-state index in [0.717, 1.165) is 117 Å². The fourth-order valence-electron chi connectivity index (χ4n) is 11.7. The molecule has 0 unspecified atom stereocenters. The zero-order valence-electron chi connectivity index (χ0n) is 35.2. The normalized spacial score (nSPS) is 15.0. The molecule has 9 nitrogen and oxygen atoms in total. The van der Waals surface area contributed by atoms with Gasteiger partial charge in [-0.15, -0.1) is 0 Å². The lowest BCUT2D eigenvalue weighted by molar-refractivity contribution is 0.668. The molecule has 0 bridgehead atoms. The van der Waals surface area contributed by atoms with Gasteiger partial charge in [-0.05, 0) is 109 Å². The molecular weight excluding hydrogens is 813 g/mol. The lowest BCUT2D eigenvalue weighted by atomic mass is 9.55. The summed E-state index contributed by atoms with van der Waals surface area (Å²) >= 11 is 0. The number of para-hydroxylation sites is 9. The topological polar surface area (TPSA) is 58.9 Å². The second-order valence-electron chi connectivity index (χ2n) is 17.7. The summed E-state index contributed by atoms with van der Waals surface area (Å²) in [6.45, 7) is 0. The van der Waals surface area contributed by atoms with Gasteiger partial charge in [0, 0.05) is 66.4 Å². The molecule has 306 valence electrons. The van der Waals surface area contributed by atoms with Crippen LogP contribution >= 0.6 is 0 Å². The lowest BCUT2D eigenvalue weighted by Crippen LogP contribution is -2.83. The van der Waals surface area contributed by atoms with E-state index in [-0.39, 0.29) is 21.4 Å². The van der Waals surface area contributed by atoms with Gasteiger partial charge in [0.25, 0.3) is 0 Å². The number of fused-ring (bicyclic) bond motifs is 21. The monoisotopic (exact) mass is 846 g/mol. The molecule has 0 saturated carbocycles. The van der Waals surface area contributed by atoms with Crippen LogP contribution < -0.4 is 28.6 Å². The van der Waals surface area contributed by atoms with Gasteiger partial charge in [-0.1, -0.05) is 91.0 Å². The third-order valence-corrected chi connectivity index (χ3v) is 14.4. The van der Waals surface area contributed by atoms with Gasteiger partial charge in [-0.3, -0.25) is 0 Å². The van der Waals surface area contributed by atoms with Gasteiger partial charge < -0.3 is 41.9 Å². The third-order valence-electron chi connectivity index (χ3n) is 14.4. The number of benzene rings is 9. The molecule has 4 aliphatic rings. The summed E-state index contributed by atoms with van der Waals surface area (Å²) in [5.41, 5.74) is 15.3. The largest absolute Gasteiger partial charge is 0.489 e. The van der Waals surface area contributed by atoms with E-state index in [4.69, 9.17) is 13.3 Å². The molecular formula is C54H33B3N6O3. The zero-order valence-corrected chi connectivity index (χ0v) is 35.2.